The van der Waals surface area contributed by atoms with Crippen molar-refractivity contribution in [2.75, 3.05) is 6.61 Å². The number of amides is 1. The molecule has 0 bridgehead atoms. The molecule has 1 aliphatic heterocycles. The van der Waals surface area contributed by atoms with Gasteiger partial charge in [0.2, 0.25) is 0 Å². The number of ether oxygens (including phenoxy) is 1. The van der Waals surface area contributed by atoms with Crippen molar-refractivity contribution in [3.05, 3.63) is 40.3 Å². The van der Waals surface area contributed by atoms with E-state index in [0.29, 0.717) is 24.7 Å². The molecule has 2 atom stereocenters. The Morgan fingerprint density at radius 2 is 2.14 bits per heavy atom. The average molecular weight is 386 g/mol. The fraction of sp³-hybridized carbons (Fsp3) is 0.591. The van der Waals surface area contributed by atoms with Crippen LogP contribution in [0.15, 0.2) is 29.2 Å². The summed E-state index contributed by atoms with van der Waals surface area (Å²) in [4.78, 5) is 32.9. The van der Waals surface area contributed by atoms with Gasteiger partial charge in [-0.15, -0.1) is 0 Å². The molecule has 6 heteroatoms. The third-order valence-electron chi connectivity index (χ3n) is 5.73. The van der Waals surface area contributed by atoms with Crippen LogP contribution in [0.4, 0.5) is 0 Å². The third kappa shape index (κ3) is 3.58. The lowest BCUT2D eigenvalue weighted by molar-refractivity contribution is -0.0641. The van der Waals surface area contributed by atoms with Gasteiger partial charge in [0.25, 0.3) is 11.5 Å². The SMILES string of the molecule is CC[C@@H]1CO[C@](C)(CCC(C)C)N1C(=O)c1cc2cccnc2n(CC)c1=O. The van der Waals surface area contributed by atoms with Crippen LogP contribution in [0.3, 0.4) is 0 Å². The van der Waals surface area contributed by atoms with E-state index in [-0.39, 0.29) is 23.1 Å². The molecule has 0 N–H and O–H groups in total. The summed E-state index contributed by atoms with van der Waals surface area (Å²) in [6.45, 7) is 11.2. The molecule has 0 spiro atoms. The molecule has 3 rings (SSSR count). The molecule has 2 aromatic rings. The van der Waals surface area contributed by atoms with E-state index < -0.39 is 5.72 Å². The first-order chi connectivity index (χ1) is 13.3. The highest BCUT2D eigenvalue weighted by Crippen LogP contribution is 2.35. The van der Waals surface area contributed by atoms with Crippen LogP contribution in [-0.2, 0) is 11.3 Å². The van der Waals surface area contributed by atoms with Gasteiger partial charge in [-0.05, 0) is 57.2 Å². The third-order valence-corrected chi connectivity index (χ3v) is 5.73. The Kier molecular flexibility index (Phi) is 5.89. The van der Waals surface area contributed by atoms with Gasteiger partial charge in [0.1, 0.15) is 16.9 Å². The van der Waals surface area contributed by atoms with Gasteiger partial charge in [-0.25, -0.2) is 4.98 Å². The molecule has 0 saturated carbocycles. The van der Waals surface area contributed by atoms with Gasteiger partial charge < -0.3 is 9.64 Å². The van der Waals surface area contributed by atoms with Gasteiger partial charge >= 0.3 is 0 Å². The Hall–Kier alpha value is -2.21. The first-order valence-corrected chi connectivity index (χ1v) is 10.3. The second-order valence-corrected chi connectivity index (χ2v) is 8.18. The minimum atomic E-state index is -0.685. The minimum absolute atomic E-state index is 0.0243. The van der Waals surface area contributed by atoms with Crippen LogP contribution in [0.25, 0.3) is 11.0 Å². The monoisotopic (exact) mass is 385 g/mol. The van der Waals surface area contributed by atoms with Gasteiger partial charge in [0.15, 0.2) is 0 Å². The summed E-state index contributed by atoms with van der Waals surface area (Å²) >= 11 is 0. The van der Waals surface area contributed by atoms with Crippen molar-refractivity contribution in [3.63, 3.8) is 0 Å². The lowest BCUT2D eigenvalue weighted by Crippen LogP contribution is -2.51. The lowest BCUT2D eigenvalue weighted by atomic mass is 9.99. The van der Waals surface area contributed by atoms with Gasteiger partial charge in [-0.3, -0.25) is 14.2 Å². The predicted octanol–water partition coefficient (Wildman–Crippen LogP) is 3.82. The molecular formula is C22H31N3O3. The summed E-state index contributed by atoms with van der Waals surface area (Å²) in [6.07, 6.45) is 4.17. The molecule has 6 nitrogen and oxygen atoms in total. The molecule has 1 saturated heterocycles. The maximum Gasteiger partial charge on any atom is 0.265 e. The number of aromatic nitrogens is 2. The summed E-state index contributed by atoms with van der Waals surface area (Å²) in [6, 6.07) is 5.37. The fourth-order valence-electron chi connectivity index (χ4n) is 4.02. The van der Waals surface area contributed by atoms with Crippen molar-refractivity contribution in [2.45, 2.75) is 72.2 Å². The largest absolute Gasteiger partial charge is 0.354 e. The molecule has 0 unspecified atom stereocenters. The van der Waals surface area contributed by atoms with Crippen LogP contribution in [0.2, 0.25) is 0 Å². The quantitative estimate of drug-likeness (QED) is 0.758. The molecule has 152 valence electrons. The Morgan fingerprint density at radius 1 is 1.39 bits per heavy atom. The van der Waals surface area contributed by atoms with Gasteiger partial charge in [0, 0.05) is 18.1 Å². The smallest absolute Gasteiger partial charge is 0.265 e. The molecule has 1 amide bonds. The zero-order valence-electron chi connectivity index (χ0n) is 17.6. The second-order valence-electron chi connectivity index (χ2n) is 8.18. The number of carbonyl (C=O) groups is 1. The predicted molar refractivity (Wildman–Crippen MR) is 110 cm³/mol. The van der Waals surface area contributed by atoms with Crippen molar-refractivity contribution in [1.82, 2.24) is 14.5 Å². The van der Waals surface area contributed by atoms with E-state index >= 15 is 0 Å². The zero-order valence-corrected chi connectivity index (χ0v) is 17.6. The van der Waals surface area contributed by atoms with Crippen molar-refractivity contribution in [1.29, 1.82) is 0 Å². The highest BCUT2D eigenvalue weighted by atomic mass is 16.5. The molecule has 0 aromatic carbocycles. The van der Waals surface area contributed by atoms with Crippen LogP contribution >= 0.6 is 0 Å². The molecule has 2 aromatic heterocycles. The molecular weight excluding hydrogens is 354 g/mol. The highest BCUT2D eigenvalue weighted by molar-refractivity contribution is 5.97. The van der Waals surface area contributed by atoms with Crippen LogP contribution in [-0.4, -0.2) is 38.7 Å². The maximum absolute atomic E-state index is 13.6. The van der Waals surface area contributed by atoms with E-state index in [0.717, 1.165) is 24.6 Å². The van der Waals surface area contributed by atoms with Crippen LogP contribution in [0, 0.1) is 5.92 Å². The normalized spacial score (nSPS) is 22.4. The summed E-state index contributed by atoms with van der Waals surface area (Å²) in [5.41, 5.74) is -0.164. The number of carbonyl (C=O) groups excluding carboxylic acids is 1. The van der Waals surface area contributed by atoms with Crippen LogP contribution in [0.5, 0.6) is 0 Å². The van der Waals surface area contributed by atoms with E-state index in [1.807, 2.05) is 30.9 Å². The average Bonchev–Trinajstić information content (AvgIpc) is 3.02. The molecule has 3 heterocycles. The van der Waals surface area contributed by atoms with E-state index in [1.54, 1.807) is 16.8 Å². The van der Waals surface area contributed by atoms with E-state index in [2.05, 4.69) is 25.8 Å². The van der Waals surface area contributed by atoms with Gasteiger partial charge in [-0.2, -0.15) is 0 Å². The van der Waals surface area contributed by atoms with E-state index in [4.69, 9.17) is 4.74 Å². The number of hydrogen-bond acceptors (Lipinski definition) is 4. The summed E-state index contributed by atoms with van der Waals surface area (Å²) in [5.74, 6) is 0.274. The number of aryl methyl sites for hydroxylation is 1. The topological polar surface area (TPSA) is 64.4 Å². The minimum Gasteiger partial charge on any atom is -0.354 e. The van der Waals surface area contributed by atoms with E-state index in [1.165, 1.54) is 0 Å². The highest BCUT2D eigenvalue weighted by Gasteiger charge is 2.46. The second kappa shape index (κ2) is 8.03. The van der Waals surface area contributed by atoms with Crippen molar-refractivity contribution < 1.29 is 9.53 Å². The number of hydrogen-bond donors (Lipinski definition) is 0. The summed E-state index contributed by atoms with van der Waals surface area (Å²) in [5, 5.41) is 0.796. The molecule has 0 radical (unpaired) electrons. The summed E-state index contributed by atoms with van der Waals surface area (Å²) in [7, 11) is 0. The summed E-state index contributed by atoms with van der Waals surface area (Å²) < 4.78 is 7.69. The number of nitrogens with zero attached hydrogens (tertiary/aromatic N) is 3. The standard InChI is InChI=1S/C22H31N3O3/c1-6-17-14-28-22(5,11-10-15(3)4)25(17)21(27)18-13-16-9-8-12-23-19(16)24(7-2)20(18)26/h8-9,12-13,15,17H,6-7,10-11,14H2,1-5H3/t17-,22-/m1/s1. The molecule has 28 heavy (non-hydrogen) atoms. The molecule has 0 aliphatic carbocycles. The van der Waals surface area contributed by atoms with E-state index in [9.17, 15) is 9.59 Å². The first-order valence-electron chi connectivity index (χ1n) is 10.3. The van der Waals surface area contributed by atoms with Crippen LogP contribution < -0.4 is 5.56 Å². The maximum atomic E-state index is 13.6. The Morgan fingerprint density at radius 3 is 2.79 bits per heavy atom. The number of fused-ring (bicyclic) bond motifs is 1. The number of pyridine rings is 2. The van der Waals surface area contributed by atoms with Crippen molar-refractivity contribution in [3.8, 4) is 0 Å². The van der Waals surface area contributed by atoms with Crippen molar-refractivity contribution in [2.24, 2.45) is 5.92 Å². The fourth-order valence-corrected chi connectivity index (χ4v) is 4.02. The van der Waals surface area contributed by atoms with Crippen molar-refractivity contribution >= 4 is 16.9 Å². The molecule has 1 aliphatic rings. The van der Waals surface area contributed by atoms with Gasteiger partial charge in [0.05, 0.1) is 12.6 Å². The Balaban J connectivity index is 2.08. The lowest BCUT2D eigenvalue weighted by Gasteiger charge is -2.37. The van der Waals surface area contributed by atoms with Gasteiger partial charge in [-0.1, -0.05) is 20.8 Å². The zero-order chi connectivity index (χ0) is 20.5. The molecule has 1 fully saturated rings. The Labute approximate surface area is 166 Å². The Bertz CT molecular complexity index is 921. The first kappa shape index (κ1) is 20.5. The number of rotatable bonds is 6. The van der Waals surface area contributed by atoms with Crippen LogP contribution in [0.1, 0.15) is 64.2 Å².